The van der Waals surface area contributed by atoms with Gasteiger partial charge < -0.3 is 25.3 Å². The minimum Gasteiger partial charge on any atom is -0.454 e. The maximum Gasteiger partial charge on any atom is 0.256 e. The Morgan fingerprint density at radius 1 is 1.39 bits per heavy atom. The fourth-order valence-corrected chi connectivity index (χ4v) is 1.43. The van der Waals surface area contributed by atoms with E-state index in [0.29, 0.717) is 22.9 Å². The minimum atomic E-state index is -0.928. The van der Waals surface area contributed by atoms with Crippen molar-refractivity contribution in [3.05, 3.63) is 12.1 Å². The Bertz CT molecular complexity index is 485. The summed E-state index contributed by atoms with van der Waals surface area (Å²) in [6.07, 6.45) is 0. The zero-order valence-electron chi connectivity index (χ0n) is 10.6. The van der Waals surface area contributed by atoms with Gasteiger partial charge in [0.25, 0.3) is 5.91 Å². The summed E-state index contributed by atoms with van der Waals surface area (Å²) in [5.74, 6) is 0.863. The fraction of sp³-hybridized carbons (Fsp3) is 0.417. The number of nitrogen functional groups attached to an aromatic ring is 1. The third-order valence-electron chi connectivity index (χ3n) is 2.85. The van der Waals surface area contributed by atoms with Gasteiger partial charge in [-0.15, -0.1) is 0 Å². The van der Waals surface area contributed by atoms with Gasteiger partial charge in [-0.3, -0.25) is 4.79 Å². The van der Waals surface area contributed by atoms with Crippen LogP contribution < -0.4 is 20.5 Å². The molecule has 0 fully saturated rings. The van der Waals surface area contributed by atoms with Gasteiger partial charge in [0.1, 0.15) is 5.60 Å². The van der Waals surface area contributed by atoms with E-state index < -0.39 is 5.60 Å². The highest BCUT2D eigenvalue weighted by molar-refractivity contribution is 5.99. The van der Waals surface area contributed by atoms with Gasteiger partial charge in [0.15, 0.2) is 11.5 Å². The van der Waals surface area contributed by atoms with Gasteiger partial charge in [0, 0.05) is 19.2 Å². The maximum atomic E-state index is 12.0. The average molecular weight is 252 g/mol. The van der Waals surface area contributed by atoms with Gasteiger partial charge >= 0.3 is 0 Å². The van der Waals surface area contributed by atoms with Crippen molar-refractivity contribution in [1.29, 1.82) is 0 Å². The summed E-state index contributed by atoms with van der Waals surface area (Å²) in [6.45, 7) is 3.51. The fourth-order valence-electron chi connectivity index (χ4n) is 1.43. The first-order valence-electron chi connectivity index (χ1n) is 5.50. The van der Waals surface area contributed by atoms with Crippen LogP contribution in [0.5, 0.6) is 11.5 Å². The Hall–Kier alpha value is -1.95. The van der Waals surface area contributed by atoms with E-state index in [1.165, 1.54) is 7.11 Å². The van der Waals surface area contributed by atoms with E-state index >= 15 is 0 Å². The first kappa shape index (κ1) is 12.5. The van der Waals surface area contributed by atoms with E-state index in [-0.39, 0.29) is 12.7 Å². The third-order valence-corrected chi connectivity index (χ3v) is 2.85. The topological polar surface area (TPSA) is 82.8 Å². The number of hydrogen-bond donors (Lipinski definition) is 2. The number of nitrogens with two attached hydrogens (primary N) is 1. The van der Waals surface area contributed by atoms with Crippen LogP contribution >= 0.6 is 0 Å². The summed E-state index contributed by atoms with van der Waals surface area (Å²) < 4.78 is 15.5. The molecule has 0 atom stereocenters. The van der Waals surface area contributed by atoms with Crippen molar-refractivity contribution < 1.29 is 19.0 Å². The molecule has 0 radical (unpaired) electrons. The highest BCUT2D eigenvalue weighted by Crippen LogP contribution is 2.38. The van der Waals surface area contributed by atoms with Crippen LogP contribution in [0.15, 0.2) is 12.1 Å². The van der Waals surface area contributed by atoms with Crippen LogP contribution in [0, 0.1) is 0 Å². The molecule has 1 aliphatic rings. The Morgan fingerprint density at radius 3 is 2.61 bits per heavy atom. The molecule has 3 N–H and O–H groups in total. The molecule has 18 heavy (non-hydrogen) atoms. The minimum absolute atomic E-state index is 0.162. The molecule has 98 valence electrons. The summed E-state index contributed by atoms with van der Waals surface area (Å²) in [6, 6.07) is 3.26. The Labute approximate surface area is 105 Å². The van der Waals surface area contributed by atoms with Crippen molar-refractivity contribution in [2.45, 2.75) is 19.4 Å². The maximum absolute atomic E-state index is 12.0. The van der Waals surface area contributed by atoms with E-state index in [1.807, 2.05) is 0 Å². The number of methoxy groups -OCH3 is 1. The number of ether oxygens (including phenoxy) is 3. The van der Waals surface area contributed by atoms with Crippen LogP contribution in [0.3, 0.4) is 0 Å². The molecule has 1 aromatic rings. The zero-order chi connectivity index (χ0) is 13.3. The molecule has 0 saturated carbocycles. The van der Waals surface area contributed by atoms with Crippen molar-refractivity contribution in [3.63, 3.8) is 0 Å². The van der Waals surface area contributed by atoms with Crippen LogP contribution in [0.2, 0.25) is 0 Å². The van der Waals surface area contributed by atoms with Crippen LogP contribution in [-0.4, -0.2) is 25.4 Å². The third kappa shape index (κ3) is 2.19. The van der Waals surface area contributed by atoms with E-state index in [0.717, 1.165) is 0 Å². The number of anilines is 2. The summed E-state index contributed by atoms with van der Waals surface area (Å²) in [7, 11) is 1.47. The highest BCUT2D eigenvalue weighted by atomic mass is 16.7. The molecule has 0 aliphatic carbocycles. The lowest BCUT2D eigenvalue weighted by Gasteiger charge is -2.22. The zero-order valence-corrected chi connectivity index (χ0v) is 10.6. The van der Waals surface area contributed by atoms with Crippen LogP contribution in [0.25, 0.3) is 0 Å². The van der Waals surface area contributed by atoms with E-state index in [1.54, 1.807) is 26.0 Å². The molecule has 0 bridgehead atoms. The van der Waals surface area contributed by atoms with Crippen molar-refractivity contribution in [2.24, 2.45) is 0 Å². The van der Waals surface area contributed by atoms with Crippen molar-refractivity contribution in [3.8, 4) is 11.5 Å². The summed E-state index contributed by atoms with van der Waals surface area (Å²) in [5, 5.41) is 2.71. The van der Waals surface area contributed by atoms with Gasteiger partial charge in [-0.2, -0.15) is 0 Å². The normalized spacial score (nSPS) is 13.5. The number of amides is 1. The standard InChI is InChI=1S/C12H16N2O4/c1-12(2,16-3)11(15)14-8-5-10-9(4-7(8)13)17-6-18-10/h4-5H,6,13H2,1-3H3,(H,14,15). The molecule has 0 aromatic heterocycles. The van der Waals surface area contributed by atoms with Crippen LogP contribution in [-0.2, 0) is 9.53 Å². The first-order valence-corrected chi connectivity index (χ1v) is 5.50. The second kappa shape index (κ2) is 4.38. The second-order valence-corrected chi connectivity index (χ2v) is 4.46. The van der Waals surface area contributed by atoms with Crippen LogP contribution in [0.4, 0.5) is 11.4 Å². The van der Waals surface area contributed by atoms with E-state index in [9.17, 15) is 4.79 Å². The number of benzene rings is 1. The molecule has 0 spiro atoms. The first-order chi connectivity index (χ1) is 8.44. The smallest absolute Gasteiger partial charge is 0.256 e. The largest absolute Gasteiger partial charge is 0.454 e. The number of rotatable bonds is 3. The molecular weight excluding hydrogens is 236 g/mol. The average Bonchev–Trinajstić information content (AvgIpc) is 2.76. The lowest BCUT2D eigenvalue weighted by molar-refractivity contribution is -0.133. The van der Waals surface area contributed by atoms with Gasteiger partial charge in [-0.25, -0.2) is 0 Å². The predicted octanol–water partition coefficient (Wildman–Crippen LogP) is 1.36. The SMILES string of the molecule is COC(C)(C)C(=O)Nc1cc2c(cc1N)OCO2. The number of fused-ring (bicyclic) bond motifs is 1. The number of hydrogen-bond acceptors (Lipinski definition) is 5. The Balaban J connectivity index is 2.22. The van der Waals surface area contributed by atoms with Crippen molar-refractivity contribution in [2.75, 3.05) is 25.0 Å². The molecule has 6 nitrogen and oxygen atoms in total. The van der Waals surface area contributed by atoms with Gasteiger partial charge in [0.2, 0.25) is 6.79 Å². The number of carbonyl (C=O) groups is 1. The second-order valence-electron chi connectivity index (χ2n) is 4.46. The van der Waals surface area contributed by atoms with Gasteiger partial charge in [-0.1, -0.05) is 0 Å². The summed E-state index contributed by atoms with van der Waals surface area (Å²) >= 11 is 0. The molecule has 2 rings (SSSR count). The molecule has 1 amide bonds. The van der Waals surface area contributed by atoms with Gasteiger partial charge in [0.05, 0.1) is 11.4 Å². The molecule has 1 aromatic carbocycles. The monoisotopic (exact) mass is 252 g/mol. The lowest BCUT2D eigenvalue weighted by atomic mass is 10.1. The molecule has 0 unspecified atom stereocenters. The summed E-state index contributed by atoms with van der Waals surface area (Å²) in [4.78, 5) is 12.0. The van der Waals surface area contributed by atoms with E-state index in [4.69, 9.17) is 19.9 Å². The summed E-state index contributed by atoms with van der Waals surface area (Å²) in [5.41, 5.74) is 5.80. The van der Waals surface area contributed by atoms with E-state index in [2.05, 4.69) is 5.32 Å². The Morgan fingerprint density at radius 2 is 2.00 bits per heavy atom. The predicted molar refractivity (Wildman–Crippen MR) is 66.7 cm³/mol. The molecule has 6 heteroatoms. The molecular formula is C12H16N2O4. The molecule has 0 saturated heterocycles. The molecule has 1 aliphatic heterocycles. The lowest BCUT2D eigenvalue weighted by Crippen LogP contribution is -2.38. The Kier molecular flexibility index (Phi) is 3.04. The van der Waals surface area contributed by atoms with Crippen molar-refractivity contribution in [1.82, 2.24) is 0 Å². The molecule has 1 heterocycles. The van der Waals surface area contributed by atoms with Crippen LogP contribution in [0.1, 0.15) is 13.8 Å². The van der Waals surface area contributed by atoms with Crippen molar-refractivity contribution >= 4 is 17.3 Å². The van der Waals surface area contributed by atoms with Gasteiger partial charge in [-0.05, 0) is 13.8 Å². The quantitative estimate of drug-likeness (QED) is 0.794. The number of carbonyl (C=O) groups excluding carboxylic acids is 1. The highest BCUT2D eigenvalue weighted by Gasteiger charge is 2.28. The number of nitrogens with one attached hydrogen (secondary N) is 1.